The van der Waals surface area contributed by atoms with E-state index in [9.17, 15) is 4.39 Å². The Kier molecular flexibility index (Phi) is 2.43. The summed E-state index contributed by atoms with van der Waals surface area (Å²) in [5.74, 6) is 0.933. The van der Waals surface area contributed by atoms with E-state index in [1.165, 1.54) is 12.1 Å². The highest BCUT2D eigenvalue weighted by molar-refractivity contribution is 5.38. The van der Waals surface area contributed by atoms with E-state index in [0.29, 0.717) is 18.8 Å². The van der Waals surface area contributed by atoms with Gasteiger partial charge in [-0.1, -0.05) is 5.21 Å². The molecule has 0 saturated heterocycles. The average molecular weight is 248 g/mol. The van der Waals surface area contributed by atoms with Crippen LogP contribution in [0.4, 0.5) is 10.2 Å². The third kappa shape index (κ3) is 1.79. The van der Waals surface area contributed by atoms with Crippen LogP contribution in [0.5, 0.6) is 5.75 Å². The van der Waals surface area contributed by atoms with E-state index < -0.39 is 0 Å². The van der Waals surface area contributed by atoms with Crippen LogP contribution in [-0.4, -0.2) is 21.1 Å². The van der Waals surface area contributed by atoms with Gasteiger partial charge in [0.05, 0.1) is 12.2 Å². The normalized spacial score (nSPS) is 17.6. The number of rotatable bonds is 2. The van der Waals surface area contributed by atoms with Crippen molar-refractivity contribution >= 4 is 5.82 Å². The van der Waals surface area contributed by atoms with Crippen LogP contribution >= 0.6 is 0 Å². The maximum atomic E-state index is 13.1. The van der Waals surface area contributed by atoms with Crippen LogP contribution in [0.15, 0.2) is 18.2 Å². The Labute approximate surface area is 103 Å². The van der Waals surface area contributed by atoms with Gasteiger partial charge in [-0.05, 0) is 25.1 Å². The Bertz CT molecular complexity index is 596. The van der Waals surface area contributed by atoms with Crippen LogP contribution < -0.4 is 10.5 Å². The van der Waals surface area contributed by atoms with E-state index in [1.807, 2.05) is 6.92 Å². The van der Waals surface area contributed by atoms with Gasteiger partial charge in [0.15, 0.2) is 5.82 Å². The molecule has 1 aliphatic rings. The van der Waals surface area contributed by atoms with E-state index in [0.717, 1.165) is 17.0 Å². The van der Waals surface area contributed by atoms with Crippen molar-refractivity contribution in [2.24, 2.45) is 0 Å². The number of halogens is 1. The molecule has 0 amide bonds. The lowest BCUT2D eigenvalue weighted by molar-refractivity contribution is 0.201. The molecule has 2 aromatic rings. The van der Waals surface area contributed by atoms with Gasteiger partial charge < -0.3 is 10.5 Å². The van der Waals surface area contributed by atoms with Crippen LogP contribution in [0.2, 0.25) is 0 Å². The Morgan fingerprint density at radius 2 is 2.39 bits per heavy atom. The molecule has 1 aliphatic heterocycles. The smallest absolute Gasteiger partial charge is 0.168 e. The van der Waals surface area contributed by atoms with Crippen molar-refractivity contribution in [3.63, 3.8) is 0 Å². The molecule has 0 spiro atoms. The average Bonchev–Trinajstić information content (AvgIpc) is 2.86. The zero-order valence-electron chi connectivity index (χ0n) is 9.93. The molecule has 1 aromatic carbocycles. The molecule has 0 bridgehead atoms. The zero-order valence-corrected chi connectivity index (χ0v) is 9.93. The first-order valence-corrected chi connectivity index (χ1v) is 5.74. The van der Waals surface area contributed by atoms with Crippen molar-refractivity contribution in [1.29, 1.82) is 0 Å². The predicted molar refractivity (Wildman–Crippen MR) is 63.7 cm³/mol. The van der Waals surface area contributed by atoms with Crippen molar-refractivity contribution in [3.8, 4) is 5.75 Å². The Morgan fingerprint density at radius 1 is 1.56 bits per heavy atom. The summed E-state index contributed by atoms with van der Waals surface area (Å²) in [7, 11) is 0. The van der Waals surface area contributed by atoms with Crippen LogP contribution in [0.25, 0.3) is 0 Å². The lowest BCUT2D eigenvalue weighted by Crippen LogP contribution is -2.22. The summed E-state index contributed by atoms with van der Waals surface area (Å²) >= 11 is 0. The third-order valence-corrected chi connectivity index (χ3v) is 3.16. The van der Waals surface area contributed by atoms with Gasteiger partial charge in [0, 0.05) is 12.0 Å². The molecule has 94 valence electrons. The molecule has 0 fully saturated rings. The van der Waals surface area contributed by atoms with E-state index >= 15 is 0 Å². The quantitative estimate of drug-likeness (QED) is 0.870. The van der Waals surface area contributed by atoms with Crippen molar-refractivity contribution in [1.82, 2.24) is 15.0 Å². The Balaban J connectivity index is 1.76. The van der Waals surface area contributed by atoms with Crippen LogP contribution in [-0.2, 0) is 13.0 Å². The van der Waals surface area contributed by atoms with Crippen molar-refractivity contribution in [3.05, 3.63) is 35.3 Å². The highest BCUT2D eigenvalue weighted by Crippen LogP contribution is 2.29. The van der Waals surface area contributed by atoms with Gasteiger partial charge >= 0.3 is 0 Å². The lowest BCUT2D eigenvalue weighted by Gasteiger charge is -2.11. The number of aromatic nitrogens is 3. The summed E-state index contributed by atoms with van der Waals surface area (Å²) in [6.45, 7) is 2.42. The van der Waals surface area contributed by atoms with E-state index in [2.05, 4.69) is 10.3 Å². The molecule has 6 heteroatoms. The monoisotopic (exact) mass is 248 g/mol. The van der Waals surface area contributed by atoms with Gasteiger partial charge in [0.2, 0.25) is 0 Å². The number of nitrogens with zero attached hydrogens (tertiary/aromatic N) is 3. The Morgan fingerprint density at radius 3 is 3.11 bits per heavy atom. The molecular formula is C12H13FN4O. The second-order valence-corrected chi connectivity index (χ2v) is 4.44. The summed E-state index contributed by atoms with van der Waals surface area (Å²) in [5.41, 5.74) is 7.35. The topological polar surface area (TPSA) is 66.0 Å². The SMILES string of the molecule is Cc1c(N)nnn1CC1Cc2cc(F)ccc2O1. The highest BCUT2D eigenvalue weighted by atomic mass is 19.1. The number of benzene rings is 1. The minimum atomic E-state index is -0.237. The largest absolute Gasteiger partial charge is 0.488 e. The van der Waals surface area contributed by atoms with Gasteiger partial charge in [0.1, 0.15) is 17.7 Å². The minimum absolute atomic E-state index is 0.0541. The summed E-state index contributed by atoms with van der Waals surface area (Å²) in [6, 6.07) is 4.57. The fourth-order valence-corrected chi connectivity index (χ4v) is 2.13. The third-order valence-electron chi connectivity index (χ3n) is 3.16. The van der Waals surface area contributed by atoms with E-state index in [1.54, 1.807) is 10.7 Å². The minimum Gasteiger partial charge on any atom is -0.488 e. The van der Waals surface area contributed by atoms with Crippen LogP contribution in [0.3, 0.4) is 0 Å². The number of nitrogen functional groups attached to an aromatic ring is 1. The predicted octanol–water partition coefficient (Wildman–Crippen LogP) is 1.31. The standard InChI is InChI=1S/C12H13FN4O/c1-7-12(14)15-16-17(7)6-10-5-8-4-9(13)2-3-11(8)18-10/h2-4,10H,5-6,14H2,1H3. The number of hydrogen-bond donors (Lipinski definition) is 1. The summed E-state index contributed by atoms with van der Waals surface area (Å²) in [6.07, 6.45) is 0.619. The highest BCUT2D eigenvalue weighted by Gasteiger charge is 2.24. The molecule has 3 rings (SSSR count). The molecule has 1 aromatic heterocycles. The number of fused-ring (bicyclic) bond motifs is 1. The molecule has 2 heterocycles. The van der Waals surface area contributed by atoms with Gasteiger partial charge in [0.25, 0.3) is 0 Å². The molecule has 2 N–H and O–H groups in total. The maximum absolute atomic E-state index is 13.1. The van der Waals surface area contributed by atoms with Gasteiger partial charge in [-0.3, -0.25) is 0 Å². The number of ether oxygens (including phenoxy) is 1. The summed E-state index contributed by atoms with van der Waals surface area (Å²) < 4.78 is 20.5. The van der Waals surface area contributed by atoms with Crippen molar-refractivity contribution in [2.75, 3.05) is 5.73 Å². The molecular weight excluding hydrogens is 235 g/mol. The molecule has 0 aliphatic carbocycles. The summed E-state index contributed by atoms with van der Waals surface area (Å²) in [4.78, 5) is 0. The molecule has 1 unspecified atom stereocenters. The second kappa shape index (κ2) is 3.97. The van der Waals surface area contributed by atoms with Crippen LogP contribution in [0.1, 0.15) is 11.3 Å². The first kappa shape index (κ1) is 11.0. The Hall–Kier alpha value is -2.11. The molecule has 0 saturated carbocycles. The number of anilines is 1. The molecule has 1 atom stereocenters. The van der Waals surface area contributed by atoms with E-state index in [4.69, 9.17) is 10.5 Å². The molecule has 18 heavy (non-hydrogen) atoms. The number of nitrogens with two attached hydrogens (primary N) is 1. The molecule has 0 radical (unpaired) electrons. The maximum Gasteiger partial charge on any atom is 0.168 e. The summed E-state index contributed by atoms with van der Waals surface area (Å²) in [5, 5.41) is 7.74. The lowest BCUT2D eigenvalue weighted by atomic mass is 10.1. The molecule has 5 nitrogen and oxygen atoms in total. The van der Waals surface area contributed by atoms with Crippen LogP contribution in [0, 0.1) is 12.7 Å². The van der Waals surface area contributed by atoms with Gasteiger partial charge in [-0.2, -0.15) is 0 Å². The van der Waals surface area contributed by atoms with Gasteiger partial charge in [-0.25, -0.2) is 9.07 Å². The van der Waals surface area contributed by atoms with Crippen molar-refractivity contribution in [2.45, 2.75) is 26.0 Å². The van der Waals surface area contributed by atoms with Gasteiger partial charge in [-0.15, -0.1) is 5.10 Å². The number of hydrogen-bond acceptors (Lipinski definition) is 4. The first-order valence-electron chi connectivity index (χ1n) is 5.74. The first-order chi connectivity index (χ1) is 8.63. The zero-order chi connectivity index (χ0) is 12.7. The second-order valence-electron chi connectivity index (χ2n) is 4.44. The van der Waals surface area contributed by atoms with E-state index in [-0.39, 0.29) is 11.9 Å². The van der Waals surface area contributed by atoms with Crippen molar-refractivity contribution < 1.29 is 9.13 Å². The fourth-order valence-electron chi connectivity index (χ4n) is 2.13. The fraction of sp³-hybridized carbons (Fsp3) is 0.333.